The van der Waals surface area contributed by atoms with Gasteiger partial charge in [-0.05, 0) is 18.4 Å². The van der Waals surface area contributed by atoms with Crippen molar-refractivity contribution in [2.45, 2.75) is 13.5 Å². The summed E-state index contributed by atoms with van der Waals surface area (Å²) in [5.74, 6) is 0.966. The molecule has 0 spiro atoms. The fraction of sp³-hybridized carbons (Fsp3) is 0.400. The molecule has 7 heteroatoms. The van der Waals surface area contributed by atoms with Gasteiger partial charge in [0.1, 0.15) is 12.1 Å². The van der Waals surface area contributed by atoms with Gasteiger partial charge in [0.15, 0.2) is 0 Å². The molecule has 2 aromatic rings. The summed E-state index contributed by atoms with van der Waals surface area (Å²) in [6.07, 6.45) is 3.39. The Labute approximate surface area is 133 Å². The molecule has 2 amide bonds. The van der Waals surface area contributed by atoms with E-state index in [1.54, 1.807) is 17.7 Å². The van der Waals surface area contributed by atoms with Gasteiger partial charge in [0, 0.05) is 42.8 Å². The van der Waals surface area contributed by atoms with Gasteiger partial charge < -0.3 is 15.1 Å². The van der Waals surface area contributed by atoms with Crippen molar-refractivity contribution in [1.29, 1.82) is 0 Å². The molecule has 0 saturated carbocycles. The van der Waals surface area contributed by atoms with Crippen molar-refractivity contribution < 1.29 is 4.79 Å². The van der Waals surface area contributed by atoms with Crippen LogP contribution in [0.3, 0.4) is 0 Å². The summed E-state index contributed by atoms with van der Waals surface area (Å²) < 4.78 is 0. The number of anilines is 1. The van der Waals surface area contributed by atoms with E-state index < -0.39 is 0 Å². The van der Waals surface area contributed by atoms with Crippen LogP contribution in [0.5, 0.6) is 0 Å². The maximum absolute atomic E-state index is 12.2. The van der Waals surface area contributed by atoms with Crippen molar-refractivity contribution in [3.8, 4) is 0 Å². The third kappa shape index (κ3) is 3.36. The maximum Gasteiger partial charge on any atom is 0.317 e. The topological polar surface area (TPSA) is 61.4 Å². The lowest BCUT2D eigenvalue weighted by Crippen LogP contribution is -2.52. The lowest BCUT2D eigenvalue weighted by atomic mass is 10.2. The number of rotatable bonds is 3. The average molecular weight is 317 g/mol. The Balaban J connectivity index is 1.51. The molecule has 0 atom stereocenters. The maximum atomic E-state index is 12.2. The van der Waals surface area contributed by atoms with Gasteiger partial charge in [-0.25, -0.2) is 14.8 Å². The normalized spacial score (nSPS) is 15.0. The van der Waals surface area contributed by atoms with E-state index in [4.69, 9.17) is 0 Å². The van der Waals surface area contributed by atoms with Gasteiger partial charge in [-0.1, -0.05) is 6.07 Å². The number of aryl methyl sites for hydroxylation is 1. The van der Waals surface area contributed by atoms with Crippen molar-refractivity contribution in [2.24, 2.45) is 0 Å². The smallest absolute Gasteiger partial charge is 0.317 e. The van der Waals surface area contributed by atoms with E-state index in [-0.39, 0.29) is 6.03 Å². The molecule has 0 aliphatic carbocycles. The van der Waals surface area contributed by atoms with E-state index >= 15 is 0 Å². The second kappa shape index (κ2) is 6.74. The largest absolute Gasteiger partial charge is 0.353 e. The molecule has 116 valence electrons. The van der Waals surface area contributed by atoms with Crippen LogP contribution in [0.4, 0.5) is 10.6 Å². The van der Waals surface area contributed by atoms with E-state index in [0.29, 0.717) is 19.6 Å². The lowest BCUT2D eigenvalue weighted by molar-refractivity contribution is 0.194. The molecule has 3 rings (SSSR count). The molecule has 1 N–H and O–H groups in total. The van der Waals surface area contributed by atoms with Crippen molar-refractivity contribution in [3.05, 3.63) is 40.5 Å². The number of urea groups is 1. The number of nitrogens with zero attached hydrogens (tertiary/aromatic N) is 4. The molecule has 3 heterocycles. The number of piperazine rings is 1. The molecular formula is C15H19N5OS. The Hall–Kier alpha value is -2.15. The third-order valence-electron chi connectivity index (χ3n) is 3.73. The van der Waals surface area contributed by atoms with Gasteiger partial charge in [-0.15, -0.1) is 11.3 Å². The first-order valence-corrected chi connectivity index (χ1v) is 8.19. The van der Waals surface area contributed by atoms with Crippen LogP contribution in [0.25, 0.3) is 0 Å². The van der Waals surface area contributed by atoms with Crippen LogP contribution in [-0.4, -0.2) is 47.1 Å². The van der Waals surface area contributed by atoms with Gasteiger partial charge in [0.25, 0.3) is 0 Å². The monoisotopic (exact) mass is 317 g/mol. The number of carbonyl (C=O) groups is 1. The van der Waals surface area contributed by atoms with Crippen molar-refractivity contribution >= 4 is 23.2 Å². The Morgan fingerprint density at radius 3 is 2.86 bits per heavy atom. The predicted molar refractivity (Wildman–Crippen MR) is 87.1 cm³/mol. The second-order valence-electron chi connectivity index (χ2n) is 5.24. The van der Waals surface area contributed by atoms with E-state index in [1.165, 1.54) is 4.88 Å². The molecule has 0 aromatic carbocycles. The zero-order valence-corrected chi connectivity index (χ0v) is 13.3. The summed E-state index contributed by atoms with van der Waals surface area (Å²) in [6, 6.07) is 4.03. The number of aromatic nitrogens is 2. The van der Waals surface area contributed by atoms with Gasteiger partial charge in [-0.2, -0.15) is 0 Å². The predicted octanol–water partition coefficient (Wildman–Crippen LogP) is 1.88. The highest BCUT2D eigenvalue weighted by Gasteiger charge is 2.22. The summed E-state index contributed by atoms with van der Waals surface area (Å²) in [5, 5.41) is 4.99. The van der Waals surface area contributed by atoms with E-state index in [9.17, 15) is 4.79 Å². The molecule has 1 aliphatic heterocycles. The summed E-state index contributed by atoms with van der Waals surface area (Å²) in [4.78, 5) is 25.8. The van der Waals surface area contributed by atoms with Crippen LogP contribution >= 0.6 is 11.3 Å². The summed E-state index contributed by atoms with van der Waals surface area (Å²) in [5.41, 5.74) is 1.07. The molecule has 2 aromatic heterocycles. The lowest BCUT2D eigenvalue weighted by Gasteiger charge is -2.35. The fourth-order valence-electron chi connectivity index (χ4n) is 2.53. The molecule has 1 saturated heterocycles. The Kier molecular flexibility index (Phi) is 4.53. The fourth-order valence-corrected chi connectivity index (χ4v) is 3.18. The van der Waals surface area contributed by atoms with Crippen LogP contribution in [0.1, 0.15) is 10.4 Å². The average Bonchev–Trinajstić information content (AvgIpc) is 3.07. The highest BCUT2D eigenvalue weighted by atomic mass is 32.1. The first kappa shape index (κ1) is 14.8. The molecule has 6 nitrogen and oxygen atoms in total. The first-order valence-electron chi connectivity index (χ1n) is 7.31. The minimum atomic E-state index is 0.00691. The first-order chi connectivity index (χ1) is 10.7. The number of hydrogen-bond donors (Lipinski definition) is 1. The Morgan fingerprint density at radius 2 is 2.18 bits per heavy atom. The third-order valence-corrected chi connectivity index (χ3v) is 4.60. The number of hydrogen-bond acceptors (Lipinski definition) is 5. The molecule has 0 radical (unpaired) electrons. The van der Waals surface area contributed by atoms with E-state index in [2.05, 4.69) is 20.2 Å². The van der Waals surface area contributed by atoms with Crippen molar-refractivity contribution in [1.82, 2.24) is 20.2 Å². The van der Waals surface area contributed by atoms with Crippen molar-refractivity contribution in [3.63, 3.8) is 0 Å². The van der Waals surface area contributed by atoms with Crippen LogP contribution in [0.15, 0.2) is 30.0 Å². The second-order valence-corrected chi connectivity index (χ2v) is 6.27. The molecular weight excluding hydrogens is 298 g/mol. The van der Waals surface area contributed by atoms with Crippen LogP contribution in [0.2, 0.25) is 0 Å². The minimum absolute atomic E-state index is 0.00691. The van der Waals surface area contributed by atoms with Gasteiger partial charge in [0.05, 0.1) is 6.54 Å². The van der Waals surface area contributed by atoms with Gasteiger partial charge in [-0.3, -0.25) is 0 Å². The highest BCUT2D eigenvalue weighted by molar-refractivity contribution is 7.09. The number of nitrogens with one attached hydrogen (secondary N) is 1. The van der Waals surface area contributed by atoms with E-state index in [1.807, 2.05) is 35.5 Å². The van der Waals surface area contributed by atoms with E-state index in [0.717, 1.165) is 24.5 Å². The molecule has 1 aliphatic rings. The standard InChI is InChI=1S/C15H19N5OS/c1-12-9-16-11-18-14(12)19-4-6-20(7-5-19)15(21)17-10-13-3-2-8-22-13/h2-3,8-9,11H,4-7,10H2,1H3,(H,17,21). The Morgan fingerprint density at radius 1 is 1.36 bits per heavy atom. The van der Waals surface area contributed by atoms with Gasteiger partial charge >= 0.3 is 6.03 Å². The van der Waals surface area contributed by atoms with Crippen LogP contribution in [0, 0.1) is 6.92 Å². The quantitative estimate of drug-likeness (QED) is 0.939. The van der Waals surface area contributed by atoms with Crippen molar-refractivity contribution in [2.75, 3.05) is 31.1 Å². The molecule has 22 heavy (non-hydrogen) atoms. The number of thiophene rings is 1. The Bertz CT molecular complexity index is 623. The summed E-state index contributed by atoms with van der Waals surface area (Å²) in [6.45, 7) is 5.62. The molecule has 0 unspecified atom stereocenters. The number of amides is 2. The van der Waals surface area contributed by atoms with Crippen LogP contribution < -0.4 is 10.2 Å². The number of carbonyl (C=O) groups excluding carboxylic acids is 1. The highest BCUT2D eigenvalue weighted by Crippen LogP contribution is 2.17. The molecule has 0 bridgehead atoms. The SMILES string of the molecule is Cc1cncnc1N1CCN(C(=O)NCc2cccs2)CC1. The summed E-state index contributed by atoms with van der Waals surface area (Å²) in [7, 11) is 0. The molecule has 1 fully saturated rings. The van der Waals surface area contributed by atoms with Gasteiger partial charge in [0.2, 0.25) is 0 Å². The summed E-state index contributed by atoms with van der Waals surface area (Å²) >= 11 is 1.66. The van der Waals surface area contributed by atoms with Crippen LogP contribution in [-0.2, 0) is 6.54 Å². The minimum Gasteiger partial charge on any atom is -0.353 e. The zero-order valence-electron chi connectivity index (χ0n) is 12.5. The zero-order chi connectivity index (χ0) is 15.4.